The molecule has 3 heterocycles. The van der Waals surface area contributed by atoms with Gasteiger partial charge in [-0.3, -0.25) is 14.6 Å². The molecule has 1 unspecified atom stereocenters. The van der Waals surface area contributed by atoms with Gasteiger partial charge in [-0.2, -0.15) is 0 Å². The number of carbonyl (C=O) groups excluding carboxylic acids is 1. The van der Waals surface area contributed by atoms with Crippen LogP contribution in [0.1, 0.15) is 22.3 Å². The molecular formula is C16H17N3O4. The number of rotatable bonds is 3. The highest BCUT2D eigenvalue weighted by Crippen LogP contribution is 2.19. The molecule has 0 bridgehead atoms. The molecule has 0 spiro atoms. The quantitative estimate of drug-likeness (QED) is 0.883. The number of nitrogens with zero attached hydrogens (tertiary/aromatic N) is 2. The first-order valence-electron chi connectivity index (χ1n) is 7.33. The smallest absolute Gasteiger partial charge is 0.254 e. The lowest BCUT2D eigenvalue weighted by Gasteiger charge is -2.17. The van der Waals surface area contributed by atoms with Crippen LogP contribution >= 0.6 is 0 Å². The number of hydrogen-bond donors (Lipinski definition) is 2. The van der Waals surface area contributed by atoms with E-state index in [-0.39, 0.29) is 23.5 Å². The summed E-state index contributed by atoms with van der Waals surface area (Å²) in [5.41, 5.74) is 0.708. The highest BCUT2D eigenvalue weighted by atomic mass is 16.5. The SMILES string of the molecule is Cc1ccc(OC2CCN(C(=O)c3cc(O)[nH]c(=O)c3)C2)nc1. The minimum atomic E-state index is -0.510. The molecule has 1 amide bonds. The minimum Gasteiger partial charge on any atom is -0.494 e. The second kappa shape index (κ2) is 6.12. The van der Waals surface area contributed by atoms with Gasteiger partial charge in [0.2, 0.25) is 5.88 Å². The van der Waals surface area contributed by atoms with Gasteiger partial charge in [0.05, 0.1) is 12.1 Å². The van der Waals surface area contributed by atoms with Crippen LogP contribution < -0.4 is 10.3 Å². The zero-order chi connectivity index (χ0) is 16.4. The van der Waals surface area contributed by atoms with Crippen molar-refractivity contribution >= 4 is 5.91 Å². The number of carbonyl (C=O) groups is 1. The van der Waals surface area contributed by atoms with E-state index in [4.69, 9.17) is 4.74 Å². The average molecular weight is 315 g/mol. The van der Waals surface area contributed by atoms with Gasteiger partial charge in [0.25, 0.3) is 11.5 Å². The molecule has 1 aliphatic rings. The minimum absolute atomic E-state index is 0.134. The molecule has 120 valence electrons. The summed E-state index contributed by atoms with van der Waals surface area (Å²) in [5, 5.41) is 9.40. The van der Waals surface area contributed by atoms with Crippen molar-refractivity contribution in [3.63, 3.8) is 0 Å². The highest BCUT2D eigenvalue weighted by Gasteiger charge is 2.29. The summed E-state index contributed by atoms with van der Waals surface area (Å²) in [6.07, 6.45) is 2.28. The lowest BCUT2D eigenvalue weighted by Crippen LogP contribution is -2.31. The van der Waals surface area contributed by atoms with E-state index in [0.717, 1.165) is 5.56 Å². The summed E-state index contributed by atoms with van der Waals surface area (Å²) >= 11 is 0. The third-order valence-electron chi connectivity index (χ3n) is 3.68. The second-order valence-electron chi connectivity index (χ2n) is 5.57. The van der Waals surface area contributed by atoms with E-state index in [9.17, 15) is 14.7 Å². The molecule has 1 atom stereocenters. The number of aromatic amines is 1. The summed E-state index contributed by atoms with van der Waals surface area (Å²) in [4.78, 5) is 31.7. The van der Waals surface area contributed by atoms with Crippen molar-refractivity contribution in [2.45, 2.75) is 19.4 Å². The molecule has 0 saturated carbocycles. The molecule has 23 heavy (non-hydrogen) atoms. The molecule has 2 N–H and O–H groups in total. The van der Waals surface area contributed by atoms with E-state index >= 15 is 0 Å². The van der Waals surface area contributed by atoms with Crippen LogP contribution in [0.25, 0.3) is 0 Å². The number of likely N-dealkylation sites (tertiary alicyclic amines) is 1. The van der Waals surface area contributed by atoms with Crippen molar-refractivity contribution in [3.8, 4) is 11.8 Å². The van der Waals surface area contributed by atoms with Gasteiger partial charge in [-0.25, -0.2) is 4.98 Å². The molecule has 0 radical (unpaired) electrons. The van der Waals surface area contributed by atoms with Crippen LogP contribution in [-0.4, -0.2) is 45.1 Å². The van der Waals surface area contributed by atoms with E-state index < -0.39 is 5.56 Å². The molecule has 0 aromatic carbocycles. The van der Waals surface area contributed by atoms with Crippen LogP contribution in [0.2, 0.25) is 0 Å². The lowest BCUT2D eigenvalue weighted by atomic mass is 10.2. The van der Waals surface area contributed by atoms with Crippen molar-refractivity contribution in [2.75, 3.05) is 13.1 Å². The van der Waals surface area contributed by atoms with E-state index in [0.29, 0.717) is 25.4 Å². The number of ether oxygens (including phenoxy) is 1. The fourth-order valence-corrected chi connectivity index (χ4v) is 2.54. The van der Waals surface area contributed by atoms with Crippen LogP contribution in [0, 0.1) is 6.92 Å². The van der Waals surface area contributed by atoms with Crippen LogP contribution in [-0.2, 0) is 0 Å². The Hall–Kier alpha value is -2.83. The van der Waals surface area contributed by atoms with Crippen molar-refractivity contribution in [1.29, 1.82) is 0 Å². The molecule has 0 aliphatic carbocycles. The van der Waals surface area contributed by atoms with Gasteiger partial charge >= 0.3 is 0 Å². The number of aryl methyl sites for hydroxylation is 1. The van der Waals surface area contributed by atoms with Crippen molar-refractivity contribution in [1.82, 2.24) is 14.9 Å². The Bertz CT molecular complexity index is 770. The number of H-pyrrole nitrogens is 1. The van der Waals surface area contributed by atoms with Crippen LogP contribution in [0.4, 0.5) is 0 Å². The number of hydrogen-bond acceptors (Lipinski definition) is 5. The first-order valence-corrected chi connectivity index (χ1v) is 7.33. The Morgan fingerprint density at radius 2 is 2.26 bits per heavy atom. The van der Waals surface area contributed by atoms with Gasteiger partial charge in [-0.05, 0) is 12.5 Å². The van der Waals surface area contributed by atoms with Crippen LogP contribution in [0.5, 0.6) is 11.8 Å². The van der Waals surface area contributed by atoms with Crippen molar-refractivity contribution in [2.24, 2.45) is 0 Å². The third-order valence-corrected chi connectivity index (χ3v) is 3.68. The standard InChI is InChI=1S/C16H17N3O4/c1-10-2-3-15(17-8-10)23-12-4-5-19(9-12)16(22)11-6-13(20)18-14(21)7-11/h2-3,6-8,12H,4-5,9H2,1H3,(H2,18,20,21). The molecule has 1 fully saturated rings. The molecule has 7 nitrogen and oxygen atoms in total. The zero-order valence-corrected chi connectivity index (χ0v) is 12.7. The summed E-state index contributed by atoms with van der Waals surface area (Å²) in [5.74, 6) is -0.0882. The van der Waals surface area contributed by atoms with E-state index in [1.165, 1.54) is 12.1 Å². The van der Waals surface area contributed by atoms with Crippen molar-refractivity contribution < 1.29 is 14.6 Å². The topological polar surface area (TPSA) is 95.5 Å². The summed E-state index contributed by atoms with van der Waals surface area (Å²) < 4.78 is 5.77. The Kier molecular flexibility index (Phi) is 4.01. The maximum atomic E-state index is 12.4. The summed E-state index contributed by atoms with van der Waals surface area (Å²) in [7, 11) is 0. The number of aromatic hydroxyl groups is 1. The predicted octanol–water partition coefficient (Wildman–Crippen LogP) is 1.08. The van der Waals surface area contributed by atoms with Gasteiger partial charge in [-0.15, -0.1) is 0 Å². The van der Waals surface area contributed by atoms with E-state index in [1.54, 1.807) is 17.2 Å². The Morgan fingerprint density at radius 1 is 1.43 bits per heavy atom. The summed E-state index contributed by atoms with van der Waals surface area (Å²) in [6.45, 7) is 2.90. The van der Waals surface area contributed by atoms with Gasteiger partial charge in [-0.1, -0.05) is 6.07 Å². The van der Waals surface area contributed by atoms with Gasteiger partial charge in [0.15, 0.2) is 5.88 Å². The monoisotopic (exact) mass is 315 g/mol. The highest BCUT2D eigenvalue weighted by molar-refractivity contribution is 5.94. The Morgan fingerprint density at radius 3 is 2.96 bits per heavy atom. The Labute approximate surface area is 132 Å². The van der Waals surface area contributed by atoms with E-state index in [2.05, 4.69) is 9.97 Å². The maximum absolute atomic E-state index is 12.4. The fourth-order valence-electron chi connectivity index (χ4n) is 2.54. The normalized spacial score (nSPS) is 17.3. The predicted molar refractivity (Wildman–Crippen MR) is 82.6 cm³/mol. The molecule has 1 saturated heterocycles. The second-order valence-corrected chi connectivity index (χ2v) is 5.57. The van der Waals surface area contributed by atoms with Crippen molar-refractivity contribution in [3.05, 3.63) is 51.9 Å². The molecule has 1 aliphatic heterocycles. The number of nitrogens with one attached hydrogen (secondary N) is 1. The Balaban J connectivity index is 1.66. The van der Waals surface area contributed by atoms with E-state index in [1.807, 2.05) is 13.0 Å². The third kappa shape index (κ3) is 3.50. The molecule has 2 aromatic rings. The molecule has 2 aromatic heterocycles. The number of amides is 1. The first kappa shape index (κ1) is 15.1. The molecular weight excluding hydrogens is 298 g/mol. The average Bonchev–Trinajstić information content (AvgIpc) is 2.96. The van der Waals surface area contributed by atoms with Crippen LogP contribution in [0.15, 0.2) is 35.3 Å². The maximum Gasteiger partial charge on any atom is 0.254 e. The zero-order valence-electron chi connectivity index (χ0n) is 12.7. The van der Waals surface area contributed by atoms with Crippen LogP contribution in [0.3, 0.4) is 0 Å². The van der Waals surface area contributed by atoms with Gasteiger partial charge in [0, 0.05) is 37.4 Å². The number of pyridine rings is 2. The summed E-state index contributed by atoms with van der Waals surface area (Å²) in [6, 6.07) is 6.14. The first-order chi connectivity index (χ1) is 11.0. The molecule has 7 heteroatoms. The lowest BCUT2D eigenvalue weighted by molar-refractivity contribution is 0.0770. The van der Waals surface area contributed by atoms with Gasteiger partial charge < -0.3 is 14.7 Å². The fraction of sp³-hybridized carbons (Fsp3) is 0.312. The van der Waals surface area contributed by atoms with Gasteiger partial charge in [0.1, 0.15) is 6.10 Å². The molecule has 3 rings (SSSR count). The number of aromatic nitrogens is 2. The largest absolute Gasteiger partial charge is 0.494 e.